The van der Waals surface area contributed by atoms with Gasteiger partial charge in [-0.2, -0.15) is 0 Å². The molecule has 0 radical (unpaired) electrons. The number of esters is 1. The molecule has 0 aromatic heterocycles. The molecular formula is C12H12N2O2S. The molecular weight excluding hydrogens is 236 g/mol. The fourth-order valence-electron chi connectivity index (χ4n) is 1.59. The van der Waals surface area contributed by atoms with Crippen molar-refractivity contribution in [2.24, 2.45) is 0 Å². The number of carbonyl (C=O) groups excluding carboxylic acids is 1. The second-order valence-electron chi connectivity index (χ2n) is 3.53. The number of para-hydroxylation sites is 1. The van der Waals surface area contributed by atoms with E-state index in [0.717, 1.165) is 5.69 Å². The molecule has 17 heavy (non-hydrogen) atoms. The van der Waals surface area contributed by atoms with E-state index in [-0.39, 0.29) is 5.97 Å². The Hall–Kier alpha value is -1.88. The lowest BCUT2D eigenvalue weighted by atomic mass is 10.2. The first-order chi connectivity index (χ1) is 8.22. The molecule has 1 aromatic rings. The van der Waals surface area contributed by atoms with Crippen molar-refractivity contribution in [3.8, 4) is 0 Å². The van der Waals surface area contributed by atoms with E-state index in [2.05, 4.69) is 5.32 Å². The number of methoxy groups -OCH3 is 1. The highest BCUT2D eigenvalue weighted by molar-refractivity contribution is 7.80. The maximum atomic E-state index is 11.4. The molecule has 2 rings (SSSR count). The van der Waals surface area contributed by atoms with Crippen molar-refractivity contribution in [1.29, 1.82) is 0 Å². The summed E-state index contributed by atoms with van der Waals surface area (Å²) in [4.78, 5) is 13.3. The average molecular weight is 248 g/mol. The third-order valence-corrected chi connectivity index (χ3v) is 2.80. The van der Waals surface area contributed by atoms with Crippen molar-refractivity contribution in [3.05, 3.63) is 42.1 Å². The maximum absolute atomic E-state index is 11.4. The van der Waals surface area contributed by atoms with Gasteiger partial charge < -0.3 is 15.0 Å². The highest BCUT2D eigenvalue weighted by Gasteiger charge is 2.22. The Morgan fingerprint density at radius 2 is 2.12 bits per heavy atom. The van der Waals surface area contributed by atoms with Gasteiger partial charge in [-0.3, -0.25) is 0 Å². The summed E-state index contributed by atoms with van der Waals surface area (Å²) in [6.45, 7) is 0.419. The van der Waals surface area contributed by atoms with Crippen LogP contribution in [-0.4, -0.2) is 24.7 Å². The molecule has 1 heterocycles. The Kier molecular flexibility index (Phi) is 3.39. The van der Waals surface area contributed by atoms with Gasteiger partial charge in [0.25, 0.3) is 0 Å². The molecule has 88 valence electrons. The summed E-state index contributed by atoms with van der Waals surface area (Å²) in [7, 11) is 1.36. The van der Waals surface area contributed by atoms with Crippen LogP contribution in [0.5, 0.6) is 0 Å². The van der Waals surface area contributed by atoms with Crippen molar-refractivity contribution in [1.82, 2.24) is 5.32 Å². The van der Waals surface area contributed by atoms with Crippen LogP contribution < -0.4 is 10.2 Å². The maximum Gasteiger partial charge on any atom is 0.337 e. The predicted molar refractivity (Wildman–Crippen MR) is 69.6 cm³/mol. The zero-order chi connectivity index (χ0) is 12.3. The standard InChI is InChI=1S/C12H12N2O2S/c1-16-11(15)9-7-13-12(17)14(8-9)10-5-3-2-4-6-10/h2-7H,8H2,1H3,(H,13,17). The lowest BCUT2D eigenvalue weighted by Gasteiger charge is -2.29. The molecule has 0 saturated carbocycles. The van der Waals surface area contributed by atoms with Crippen LogP contribution in [0.2, 0.25) is 0 Å². The molecule has 4 nitrogen and oxygen atoms in total. The van der Waals surface area contributed by atoms with Gasteiger partial charge in [0, 0.05) is 11.9 Å². The van der Waals surface area contributed by atoms with Crippen LogP contribution >= 0.6 is 12.2 Å². The second-order valence-corrected chi connectivity index (χ2v) is 3.92. The van der Waals surface area contributed by atoms with Crippen LogP contribution in [0.3, 0.4) is 0 Å². The van der Waals surface area contributed by atoms with Crippen molar-refractivity contribution < 1.29 is 9.53 Å². The van der Waals surface area contributed by atoms with E-state index in [1.807, 2.05) is 35.2 Å². The van der Waals surface area contributed by atoms with Gasteiger partial charge in [-0.05, 0) is 24.4 Å². The molecule has 5 heteroatoms. The van der Waals surface area contributed by atoms with Gasteiger partial charge in [0.15, 0.2) is 5.11 Å². The van der Waals surface area contributed by atoms with E-state index in [4.69, 9.17) is 17.0 Å². The van der Waals surface area contributed by atoms with Crippen molar-refractivity contribution in [2.45, 2.75) is 0 Å². The molecule has 0 unspecified atom stereocenters. The van der Waals surface area contributed by atoms with Crippen LogP contribution in [0.25, 0.3) is 0 Å². The van der Waals surface area contributed by atoms with Gasteiger partial charge in [0.2, 0.25) is 0 Å². The lowest BCUT2D eigenvalue weighted by molar-refractivity contribution is -0.136. The van der Waals surface area contributed by atoms with Crippen molar-refractivity contribution >= 4 is 29.0 Å². The van der Waals surface area contributed by atoms with Gasteiger partial charge in [0.1, 0.15) is 0 Å². The molecule has 1 aliphatic rings. The van der Waals surface area contributed by atoms with Crippen LogP contribution in [0.1, 0.15) is 0 Å². The third kappa shape index (κ3) is 2.45. The monoisotopic (exact) mass is 248 g/mol. The summed E-state index contributed by atoms with van der Waals surface area (Å²) in [6, 6.07) is 9.66. The molecule has 0 atom stereocenters. The highest BCUT2D eigenvalue weighted by atomic mass is 32.1. The minimum atomic E-state index is -0.346. The summed E-state index contributed by atoms with van der Waals surface area (Å²) in [6.07, 6.45) is 1.59. The minimum absolute atomic E-state index is 0.346. The average Bonchev–Trinajstić information content (AvgIpc) is 2.39. The Morgan fingerprint density at radius 3 is 2.76 bits per heavy atom. The molecule has 0 fully saturated rings. The number of anilines is 1. The predicted octanol–water partition coefficient (Wildman–Crippen LogP) is 1.44. The largest absolute Gasteiger partial charge is 0.466 e. The Labute approximate surface area is 105 Å². The number of hydrogen-bond acceptors (Lipinski definition) is 3. The summed E-state index contributed by atoms with van der Waals surface area (Å²) < 4.78 is 4.69. The number of nitrogens with one attached hydrogen (secondary N) is 1. The quantitative estimate of drug-likeness (QED) is 0.633. The van der Waals surface area contributed by atoms with Gasteiger partial charge in [-0.15, -0.1) is 0 Å². The molecule has 1 N–H and O–H groups in total. The van der Waals surface area contributed by atoms with E-state index in [9.17, 15) is 4.79 Å². The molecule has 0 spiro atoms. The fraction of sp³-hybridized carbons (Fsp3) is 0.167. The van der Waals surface area contributed by atoms with Gasteiger partial charge in [-0.25, -0.2) is 4.79 Å². The number of carbonyl (C=O) groups is 1. The smallest absolute Gasteiger partial charge is 0.337 e. The lowest BCUT2D eigenvalue weighted by Crippen LogP contribution is -2.44. The number of thiocarbonyl (C=S) groups is 1. The zero-order valence-electron chi connectivity index (χ0n) is 9.34. The molecule has 1 aromatic carbocycles. The Morgan fingerprint density at radius 1 is 1.41 bits per heavy atom. The first kappa shape index (κ1) is 11.6. The summed E-state index contributed by atoms with van der Waals surface area (Å²) in [5, 5.41) is 3.46. The van der Waals surface area contributed by atoms with Crippen molar-refractivity contribution in [2.75, 3.05) is 18.6 Å². The van der Waals surface area contributed by atoms with Crippen LogP contribution in [0.15, 0.2) is 42.1 Å². The molecule has 0 aliphatic carbocycles. The molecule has 1 aliphatic heterocycles. The zero-order valence-corrected chi connectivity index (χ0v) is 10.2. The number of rotatable bonds is 2. The third-order valence-electron chi connectivity index (χ3n) is 2.46. The van der Waals surface area contributed by atoms with Gasteiger partial charge in [-0.1, -0.05) is 18.2 Å². The van der Waals surface area contributed by atoms with Gasteiger partial charge in [0.05, 0.1) is 19.2 Å². The fourth-order valence-corrected chi connectivity index (χ4v) is 1.81. The summed E-state index contributed by atoms with van der Waals surface area (Å²) >= 11 is 5.20. The van der Waals surface area contributed by atoms with E-state index in [0.29, 0.717) is 17.2 Å². The number of nitrogens with zero attached hydrogens (tertiary/aromatic N) is 1. The molecule has 0 saturated heterocycles. The normalized spacial score (nSPS) is 15.0. The Bertz CT molecular complexity index is 471. The van der Waals surface area contributed by atoms with E-state index >= 15 is 0 Å². The minimum Gasteiger partial charge on any atom is -0.466 e. The SMILES string of the molecule is COC(=O)C1=CNC(=S)N(c2ccccc2)C1. The number of benzene rings is 1. The molecule has 0 amide bonds. The number of ether oxygens (including phenoxy) is 1. The number of hydrogen-bond donors (Lipinski definition) is 1. The highest BCUT2D eigenvalue weighted by Crippen LogP contribution is 2.18. The first-order valence-electron chi connectivity index (χ1n) is 5.13. The van der Waals surface area contributed by atoms with Crippen LogP contribution in [0, 0.1) is 0 Å². The van der Waals surface area contributed by atoms with Crippen LogP contribution in [0.4, 0.5) is 5.69 Å². The van der Waals surface area contributed by atoms with E-state index in [1.165, 1.54) is 7.11 Å². The van der Waals surface area contributed by atoms with Crippen LogP contribution in [-0.2, 0) is 9.53 Å². The van der Waals surface area contributed by atoms with Gasteiger partial charge >= 0.3 is 5.97 Å². The summed E-state index contributed by atoms with van der Waals surface area (Å²) in [5.41, 5.74) is 1.49. The molecule has 0 bridgehead atoms. The second kappa shape index (κ2) is 4.97. The van der Waals surface area contributed by atoms with E-state index < -0.39 is 0 Å². The van der Waals surface area contributed by atoms with E-state index in [1.54, 1.807) is 6.20 Å². The summed E-state index contributed by atoms with van der Waals surface area (Å²) in [5.74, 6) is -0.346. The topological polar surface area (TPSA) is 41.6 Å². The Balaban J connectivity index is 2.23. The van der Waals surface area contributed by atoms with Crippen molar-refractivity contribution in [3.63, 3.8) is 0 Å². The first-order valence-corrected chi connectivity index (χ1v) is 5.53.